The van der Waals surface area contributed by atoms with Gasteiger partial charge >= 0.3 is 0 Å². The zero-order chi connectivity index (χ0) is 12.8. The van der Waals surface area contributed by atoms with Crippen molar-refractivity contribution in [2.75, 3.05) is 6.61 Å². The molecule has 98 valence electrons. The van der Waals surface area contributed by atoms with Crippen molar-refractivity contribution in [2.24, 2.45) is 7.05 Å². The lowest BCUT2D eigenvalue weighted by Crippen LogP contribution is -2.26. The van der Waals surface area contributed by atoms with Crippen LogP contribution in [-0.4, -0.2) is 27.5 Å². The maximum absolute atomic E-state index is 8.78. The molecule has 1 aromatic rings. The summed E-state index contributed by atoms with van der Waals surface area (Å²) in [5, 5.41) is 16.7. The van der Waals surface area contributed by atoms with E-state index < -0.39 is 0 Å². The molecule has 0 bridgehead atoms. The molecule has 1 rings (SSSR count). The van der Waals surface area contributed by atoms with Gasteiger partial charge < -0.3 is 10.4 Å². The normalized spacial score (nSPS) is 13.3. The van der Waals surface area contributed by atoms with Crippen LogP contribution in [0.15, 0.2) is 6.20 Å². The Labute approximate surface area is 104 Å². The minimum absolute atomic E-state index is 0.274. The quantitative estimate of drug-likeness (QED) is 0.763. The van der Waals surface area contributed by atoms with Gasteiger partial charge in [0.25, 0.3) is 0 Å². The molecule has 0 saturated carbocycles. The second-order valence-corrected chi connectivity index (χ2v) is 5.02. The van der Waals surface area contributed by atoms with Crippen molar-refractivity contribution in [1.29, 1.82) is 0 Å². The number of aromatic nitrogens is 2. The van der Waals surface area contributed by atoms with Crippen LogP contribution in [-0.2, 0) is 13.6 Å². The van der Waals surface area contributed by atoms with Crippen LogP contribution in [0.4, 0.5) is 0 Å². The monoisotopic (exact) mass is 239 g/mol. The van der Waals surface area contributed by atoms with Gasteiger partial charge in [-0.05, 0) is 25.7 Å². The highest BCUT2D eigenvalue weighted by molar-refractivity contribution is 5.20. The molecule has 1 heterocycles. The molecule has 4 nitrogen and oxygen atoms in total. The molecule has 0 saturated heterocycles. The van der Waals surface area contributed by atoms with Crippen LogP contribution in [0.25, 0.3) is 0 Å². The smallest absolute Gasteiger partial charge is 0.0694 e. The highest BCUT2D eigenvalue weighted by Crippen LogP contribution is 2.17. The van der Waals surface area contributed by atoms with Crippen LogP contribution >= 0.6 is 0 Å². The standard InChI is InChI=1S/C13H25N3O/c1-10(2)13-12(9-16(4)15-13)8-14-11(3)6-5-7-17/h9-11,14,17H,5-8H2,1-4H3. The lowest BCUT2D eigenvalue weighted by atomic mass is 10.1. The molecule has 0 radical (unpaired) electrons. The first-order valence-electron chi connectivity index (χ1n) is 6.41. The molecule has 2 N–H and O–H groups in total. The van der Waals surface area contributed by atoms with Gasteiger partial charge in [-0.15, -0.1) is 0 Å². The predicted octanol–water partition coefficient (Wildman–Crippen LogP) is 1.79. The lowest BCUT2D eigenvalue weighted by Gasteiger charge is -2.13. The molecular weight excluding hydrogens is 214 g/mol. The molecule has 0 spiro atoms. The minimum atomic E-state index is 0.274. The van der Waals surface area contributed by atoms with E-state index >= 15 is 0 Å². The van der Waals surface area contributed by atoms with Gasteiger partial charge in [0.15, 0.2) is 0 Å². The number of nitrogens with zero attached hydrogens (tertiary/aromatic N) is 2. The van der Waals surface area contributed by atoms with Crippen LogP contribution < -0.4 is 5.32 Å². The van der Waals surface area contributed by atoms with E-state index in [1.807, 2.05) is 11.7 Å². The molecule has 1 atom stereocenters. The molecule has 0 fully saturated rings. The van der Waals surface area contributed by atoms with Crippen LogP contribution in [0, 0.1) is 0 Å². The Bertz CT molecular complexity index is 333. The summed E-state index contributed by atoms with van der Waals surface area (Å²) in [6, 6.07) is 0.433. The summed E-state index contributed by atoms with van der Waals surface area (Å²) in [4.78, 5) is 0. The first-order chi connectivity index (χ1) is 8.04. The number of rotatable bonds is 7. The van der Waals surface area contributed by atoms with Gasteiger partial charge in [0.2, 0.25) is 0 Å². The van der Waals surface area contributed by atoms with E-state index in [1.54, 1.807) is 0 Å². The fourth-order valence-corrected chi connectivity index (χ4v) is 1.96. The number of aliphatic hydroxyl groups is 1. The molecule has 0 amide bonds. The summed E-state index contributed by atoms with van der Waals surface area (Å²) in [6.45, 7) is 7.62. The number of hydrogen-bond donors (Lipinski definition) is 2. The van der Waals surface area contributed by atoms with Crippen molar-refractivity contribution in [2.45, 2.75) is 52.1 Å². The Balaban J connectivity index is 2.50. The average Bonchev–Trinajstić information content (AvgIpc) is 2.65. The summed E-state index contributed by atoms with van der Waals surface area (Å²) in [5.74, 6) is 0.459. The largest absolute Gasteiger partial charge is 0.396 e. The van der Waals surface area contributed by atoms with Gasteiger partial charge in [-0.25, -0.2) is 0 Å². The SMILES string of the molecule is CC(CCCO)NCc1cn(C)nc1C(C)C. The van der Waals surface area contributed by atoms with E-state index in [-0.39, 0.29) is 6.61 Å². The summed E-state index contributed by atoms with van der Waals surface area (Å²) < 4.78 is 1.88. The Hall–Kier alpha value is -0.870. The van der Waals surface area contributed by atoms with Crippen molar-refractivity contribution < 1.29 is 5.11 Å². The highest BCUT2D eigenvalue weighted by Gasteiger charge is 2.11. The van der Waals surface area contributed by atoms with Gasteiger partial charge in [0.1, 0.15) is 0 Å². The maximum Gasteiger partial charge on any atom is 0.0694 e. The molecule has 4 heteroatoms. The van der Waals surface area contributed by atoms with E-state index in [0.29, 0.717) is 12.0 Å². The summed E-state index contributed by atoms with van der Waals surface area (Å²) in [7, 11) is 1.96. The van der Waals surface area contributed by atoms with Crippen molar-refractivity contribution in [1.82, 2.24) is 15.1 Å². The van der Waals surface area contributed by atoms with Crippen molar-refractivity contribution >= 4 is 0 Å². The van der Waals surface area contributed by atoms with E-state index in [0.717, 1.165) is 19.4 Å². The Morgan fingerprint density at radius 3 is 2.71 bits per heavy atom. The number of hydrogen-bond acceptors (Lipinski definition) is 3. The van der Waals surface area contributed by atoms with E-state index in [2.05, 4.69) is 37.4 Å². The van der Waals surface area contributed by atoms with Crippen molar-refractivity contribution in [3.63, 3.8) is 0 Å². The zero-order valence-electron chi connectivity index (χ0n) is 11.4. The first-order valence-corrected chi connectivity index (χ1v) is 6.41. The highest BCUT2D eigenvalue weighted by atomic mass is 16.2. The molecule has 1 unspecified atom stereocenters. The van der Waals surface area contributed by atoms with Crippen LogP contribution in [0.2, 0.25) is 0 Å². The van der Waals surface area contributed by atoms with Crippen molar-refractivity contribution in [3.05, 3.63) is 17.5 Å². The van der Waals surface area contributed by atoms with Crippen LogP contribution in [0.5, 0.6) is 0 Å². The van der Waals surface area contributed by atoms with Crippen LogP contribution in [0.1, 0.15) is 50.8 Å². The molecule has 1 aromatic heterocycles. The Morgan fingerprint density at radius 1 is 1.41 bits per heavy atom. The molecule has 0 aliphatic carbocycles. The zero-order valence-corrected chi connectivity index (χ0v) is 11.4. The summed E-state index contributed by atoms with van der Waals surface area (Å²) in [5.41, 5.74) is 2.45. The Morgan fingerprint density at radius 2 is 2.12 bits per heavy atom. The van der Waals surface area contributed by atoms with Gasteiger partial charge in [0, 0.05) is 38.0 Å². The summed E-state index contributed by atoms with van der Waals surface area (Å²) >= 11 is 0. The molecule has 0 aliphatic rings. The number of aryl methyl sites for hydroxylation is 1. The topological polar surface area (TPSA) is 50.1 Å². The maximum atomic E-state index is 8.78. The third-order valence-electron chi connectivity index (χ3n) is 2.92. The fraction of sp³-hybridized carbons (Fsp3) is 0.769. The lowest BCUT2D eigenvalue weighted by molar-refractivity contribution is 0.276. The Kier molecular flexibility index (Phi) is 5.65. The van der Waals surface area contributed by atoms with Gasteiger partial charge in [-0.2, -0.15) is 5.10 Å². The summed E-state index contributed by atoms with van der Waals surface area (Å²) in [6.07, 6.45) is 3.95. The van der Waals surface area contributed by atoms with E-state index in [1.165, 1.54) is 11.3 Å². The first kappa shape index (κ1) is 14.2. The van der Waals surface area contributed by atoms with Crippen LogP contribution in [0.3, 0.4) is 0 Å². The molecular formula is C13H25N3O. The minimum Gasteiger partial charge on any atom is -0.396 e. The number of nitrogens with one attached hydrogen (secondary N) is 1. The van der Waals surface area contributed by atoms with Gasteiger partial charge in [0.05, 0.1) is 5.69 Å². The molecule has 17 heavy (non-hydrogen) atoms. The average molecular weight is 239 g/mol. The molecule has 0 aliphatic heterocycles. The van der Waals surface area contributed by atoms with Gasteiger partial charge in [-0.3, -0.25) is 4.68 Å². The van der Waals surface area contributed by atoms with E-state index in [4.69, 9.17) is 5.11 Å². The molecule has 0 aromatic carbocycles. The fourth-order valence-electron chi connectivity index (χ4n) is 1.96. The van der Waals surface area contributed by atoms with Crippen molar-refractivity contribution in [3.8, 4) is 0 Å². The second kappa shape index (κ2) is 6.77. The number of aliphatic hydroxyl groups excluding tert-OH is 1. The van der Waals surface area contributed by atoms with E-state index in [9.17, 15) is 0 Å². The predicted molar refractivity (Wildman–Crippen MR) is 69.9 cm³/mol. The third kappa shape index (κ3) is 4.48. The third-order valence-corrected chi connectivity index (χ3v) is 2.92. The van der Waals surface area contributed by atoms with Gasteiger partial charge in [-0.1, -0.05) is 13.8 Å². The second-order valence-electron chi connectivity index (χ2n) is 5.02.